The zero-order valence-corrected chi connectivity index (χ0v) is 12.9. The molecule has 0 unspecified atom stereocenters. The molecule has 0 spiro atoms. The van der Waals surface area contributed by atoms with Gasteiger partial charge in [0.25, 0.3) is 0 Å². The minimum absolute atomic E-state index is 0.835. The summed E-state index contributed by atoms with van der Waals surface area (Å²) < 4.78 is 0. The highest BCUT2D eigenvalue weighted by Gasteiger charge is 2.10. The second kappa shape index (κ2) is 6.38. The van der Waals surface area contributed by atoms with E-state index in [9.17, 15) is 0 Å². The summed E-state index contributed by atoms with van der Waals surface area (Å²) in [4.78, 5) is 16.7. The van der Waals surface area contributed by atoms with Crippen LogP contribution in [0.25, 0.3) is 33.9 Å². The zero-order valence-electron chi connectivity index (χ0n) is 12.9. The van der Waals surface area contributed by atoms with Gasteiger partial charge in [-0.15, -0.1) is 0 Å². The van der Waals surface area contributed by atoms with Crippen molar-refractivity contribution < 1.29 is 4.98 Å². The first-order valence-electron chi connectivity index (χ1n) is 7.71. The average Bonchev–Trinajstić information content (AvgIpc) is 2.70. The standard InChI is InChI=1S/C20H14N4/c1-3-9-22-17(5-1)19-13-16(15-7-11-21-12-8-15)14-20(24-19)18-6-2-4-10-23-18/h1-14H/p+1. The molecule has 0 saturated carbocycles. The molecule has 0 aliphatic carbocycles. The molecule has 4 aromatic heterocycles. The van der Waals surface area contributed by atoms with Crippen molar-refractivity contribution in [3.8, 4) is 33.9 Å². The van der Waals surface area contributed by atoms with Gasteiger partial charge >= 0.3 is 0 Å². The highest BCUT2D eigenvalue weighted by atomic mass is 14.8. The number of nitrogens with zero attached hydrogens (tertiary/aromatic N) is 3. The van der Waals surface area contributed by atoms with E-state index in [0.717, 1.165) is 33.9 Å². The van der Waals surface area contributed by atoms with Crippen LogP contribution in [0.1, 0.15) is 0 Å². The summed E-state index contributed by atoms with van der Waals surface area (Å²) in [6, 6.07) is 19.9. The van der Waals surface area contributed by atoms with E-state index in [4.69, 9.17) is 4.98 Å². The van der Waals surface area contributed by atoms with E-state index in [2.05, 4.69) is 27.1 Å². The fourth-order valence-electron chi connectivity index (χ4n) is 2.57. The number of aromatic nitrogens is 4. The minimum atomic E-state index is 0.835. The minimum Gasteiger partial charge on any atom is -0.255 e. The summed E-state index contributed by atoms with van der Waals surface area (Å²) in [6.07, 6.45) is 7.39. The smallest absolute Gasteiger partial charge is 0.167 e. The lowest BCUT2D eigenvalue weighted by Gasteiger charge is -2.08. The van der Waals surface area contributed by atoms with Gasteiger partial charge in [-0.25, -0.2) is 9.97 Å². The third-order valence-electron chi connectivity index (χ3n) is 3.73. The number of aromatic amines is 1. The first-order chi connectivity index (χ1) is 11.9. The third-order valence-corrected chi connectivity index (χ3v) is 3.73. The molecule has 0 atom stereocenters. The monoisotopic (exact) mass is 311 g/mol. The van der Waals surface area contributed by atoms with Gasteiger partial charge in [0, 0.05) is 24.5 Å². The van der Waals surface area contributed by atoms with Gasteiger partial charge in [-0.2, -0.15) is 0 Å². The largest absolute Gasteiger partial charge is 0.255 e. The number of hydrogen-bond acceptors (Lipinski definition) is 3. The van der Waals surface area contributed by atoms with Crippen LogP contribution in [0, 0.1) is 0 Å². The molecule has 1 N–H and O–H groups in total. The fraction of sp³-hybridized carbons (Fsp3) is 0. The Morgan fingerprint density at radius 3 is 1.67 bits per heavy atom. The van der Waals surface area contributed by atoms with Crippen molar-refractivity contribution in [2.45, 2.75) is 0 Å². The van der Waals surface area contributed by atoms with Crippen molar-refractivity contribution in [3.05, 3.63) is 85.5 Å². The van der Waals surface area contributed by atoms with Crippen LogP contribution in [0.2, 0.25) is 0 Å². The van der Waals surface area contributed by atoms with E-state index < -0.39 is 0 Å². The highest BCUT2D eigenvalue weighted by molar-refractivity contribution is 5.74. The molecule has 0 amide bonds. The molecule has 0 aromatic carbocycles. The Balaban J connectivity index is 1.92. The predicted octanol–water partition coefficient (Wildman–Crippen LogP) is 3.69. The van der Waals surface area contributed by atoms with Gasteiger partial charge in [0.2, 0.25) is 0 Å². The van der Waals surface area contributed by atoms with E-state index in [1.54, 1.807) is 12.4 Å². The van der Waals surface area contributed by atoms with Crippen LogP contribution < -0.4 is 4.98 Å². The van der Waals surface area contributed by atoms with Crippen LogP contribution in [0.5, 0.6) is 0 Å². The van der Waals surface area contributed by atoms with Gasteiger partial charge in [0.15, 0.2) is 12.4 Å². The van der Waals surface area contributed by atoms with Crippen molar-refractivity contribution in [2.24, 2.45) is 0 Å². The molecular formula is C20H15N4+. The van der Waals surface area contributed by atoms with E-state index >= 15 is 0 Å². The second-order valence-corrected chi connectivity index (χ2v) is 5.34. The number of rotatable bonds is 3. The molecule has 4 heteroatoms. The zero-order chi connectivity index (χ0) is 16.2. The summed E-state index contributed by atoms with van der Waals surface area (Å²) >= 11 is 0. The lowest BCUT2D eigenvalue weighted by molar-refractivity contribution is -0.377. The van der Waals surface area contributed by atoms with Crippen LogP contribution in [0.15, 0.2) is 85.5 Å². The van der Waals surface area contributed by atoms with Crippen molar-refractivity contribution in [3.63, 3.8) is 0 Å². The molecule has 114 valence electrons. The lowest BCUT2D eigenvalue weighted by atomic mass is 10.0. The van der Waals surface area contributed by atoms with Gasteiger partial charge in [0.1, 0.15) is 0 Å². The molecular weight excluding hydrogens is 296 g/mol. The number of nitrogens with one attached hydrogen (secondary N) is 1. The van der Waals surface area contributed by atoms with Crippen LogP contribution in [0.3, 0.4) is 0 Å². The van der Waals surface area contributed by atoms with E-state index in [1.807, 2.05) is 60.9 Å². The average molecular weight is 311 g/mol. The van der Waals surface area contributed by atoms with Crippen molar-refractivity contribution in [1.82, 2.24) is 15.0 Å². The summed E-state index contributed by atoms with van der Waals surface area (Å²) in [7, 11) is 0. The first kappa shape index (κ1) is 14.2. The lowest BCUT2D eigenvalue weighted by Crippen LogP contribution is -1.98. The Kier molecular flexibility index (Phi) is 3.78. The maximum atomic E-state index is 4.77. The molecule has 0 aliphatic heterocycles. The van der Waals surface area contributed by atoms with Crippen LogP contribution in [0.4, 0.5) is 0 Å². The van der Waals surface area contributed by atoms with Crippen molar-refractivity contribution >= 4 is 0 Å². The molecule has 0 aliphatic rings. The predicted molar refractivity (Wildman–Crippen MR) is 92.7 cm³/mol. The Labute approximate surface area is 139 Å². The molecule has 4 rings (SSSR count). The summed E-state index contributed by atoms with van der Waals surface area (Å²) in [5.41, 5.74) is 5.56. The van der Waals surface area contributed by atoms with Crippen molar-refractivity contribution in [2.75, 3.05) is 0 Å². The van der Waals surface area contributed by atoms with Gasteiger partial charge in [-0.1, -0.05) is 12.1 Å². The van der Waals surface area contributed by atoms with E-state index in [0.29, 0.717) is 0 Å². The van der Waals surface area contributed by atoms with Gasteiger partial charge in [0.05, 0.1) is 22.8 Å². The summed E-state index contributed by atoms with van der Waals surface area (Å²) in [6.45, 7) is 0. The molecule has 4 nitrogen and oxygen atoms in total. The normalized spacial score (nSPS) is 10.5. The fourth-order valence-corrected chi connectivity index (χ4v) is 2.57. The van der Waals surface area contributed by atoms with Gasteiger partial charge in [-0.05, 0) is 47.5 Å². The number of pyridine rings is 4. The molecule has 0 fully saturated rings. The first-order valence-corrected chi connectivity index (χ1v) is 7.71. The Bertz CT molecular complexity index is 799. The van der Waals surface area contributed by atoms with E-state index in [-0.39, 0.29) is 0 Å². The topological polar surface area (TPSA) is 52.8 Å². The number of H-pyrrole nitrogens is 1. The highest BCUT2D eigenvalue weighted by Crippen LogP contribution is 2.28. The SMILES string of the molecule is c1ccc(-c2cc(-c3cc[nH+]cc3)cc(-c3ccccn3)n2)nc1. The molecule has 0 saturated heterocycles. The third kappa shape index (κ3) is 2.90. The number of hydrogen-bond donors (Lipinski definition) is 0. The summed E-state index contributed by atoms with van der Waals surface area (Å²) in [5.74, 6) is 0. The second-order valence-electron chi connectivity index (χ2n) is 5.34. The molecule has 4 heterocycles. The quantitative estimate of drug-likeness (QED) is 0.580. The molecule has 4 aromatic rings. The maximum absolute atomic E-state index is 4.77. The van der Waals surface area contributed by atoms with Crippen LogP contribution >= 0.6 is 0 Å². The van der Waals surface area contributed by atoms with Gasteiger partial charge < -0.3 is 0 Å². The van der Waals surface area contributed by atoms with Gasteiger partial charge in [-0.3, -0.25) is 9.97 Å². The Morgan fingerprint density at radius 1 is 0.583 bits per heavy atom. The molecule has 24 heavy (non-hydrogen) atoms. The molecule has 0 bridgehead atoms. The Hall–Kier alpha value is -3.40. The van der Waals surface area contributed by atoms with E-state index in [1.165, 1.54) is 0 Å². The summed E-state index contributed by atoms with van der Waals surface area (Å²) in [5, 5.41) is 0. The maximum Gasteiger partial charge on any atom is 0.167 e. The Morgan fingerprint density at radius 2 is 1.17 bits per heavy atom. The van der Waals surface area contributed by atoms with Crippen LogP contribution in [-0.2, 0) is 0 Å². The molecule has 0 radical (unpaired) electrons. The van der Waals surface area contributed by atoms with Crippen LogP contribution in [-0.4, -0.2) is 15.0 Å². The van der Waals surface area contributed by atoms with Crippen molar-refractivity contribution in [1.29, 1.82) is 0 Å².